The van der Waals surface area contributed by atoms with Crippen LogP contribution in [0.1, 0.15) is 15.9 Å². The number of hydrogen-bond donors (Lipinski definition) is 1. The van der Waals surface area contributed by atoms with Gasteiger partial charge in [0.25, 0.3) is 5.91 Å². The van der Waals surface area contributed by atoms with Crippen LogP contribution in [0.25, 0.3) is 0 Å². The maximum absolute atomic E-state index is 11.7. The molecule has 5 nitrogen and oxygen atoms in total. The second kappa shape index (κ2) is 4.75. The molecule has 17 heavy (non-hydrogen) atoms. The van der Waals surface area contributed by atoms with Crippen LogP contribution in [-0.4, -0.2) is 39.6 Å². The molecule has 6 heteroatoms. The van der Waals surface area contributed by atoms with E-state index in [2.05, 4.69) is 4.72 Å². The van der Waals surface area contributed by atoms with Gasteiger partial charge in [-0.25, -0.2) is 8.42 Å². The van der Waals surface area contributed by atoms with Gasteiger partial charge in [0.15, 0.2) is 0 Å². The van der Waals surface area contributed by atoms with E-state index in [0.29, 0.717) is 16.8 Å². The molecule has 1 aromatic rings. The number of nitrogens with one attached hydrogen (secondary N) is 1. The van der Waals surface area contributed by atoms with Gasteiger partial charge in [-0.1, -0.05) is 0 Å². The minimum absolute atomic E-state index is 0.112. The number of carbonyl (C=O) groups is 1. The Morgan fingerprint density at radius 3 is 2.29 bits per heavy atom. The Morgan fingerprint density at radius 2 is 1.88 bits per heavy atom. The largest absolute Gasteiger partial charge is 0.345 e. The number of sulfonamides is 1. The molecule has 0 aliphatic rings. The van der Waals surface area contributed by atoms with Crippen molar-refractivity contribution in [2.24, 2.45) is 0 Å². The van der Waals surface area contributed by atoms with Gasteiger partial charge in [0.1, 0.15) is 0 Å². The second-order valence-corrected chi connectivity index (χ2v) is 5.85. The van der Waals surface area contributed by atoms with Crippen LogP contribution in [0.2, 0.25) is 0 Å². The van der Waals surface area contributed by atoms with E-state index in [0.717, 1.165) is 6.26 Å². The summed E-state index contributed by atoms with van der Waals surface area (Å²) in [5.74, 6) is -0.112. The maximum Gasteiger partial charge on any atom is 0.253 e. The maximum atomic E-state index is 11.7. The molecular formula is C11H16N2O3S. The zero-order chi connectivity index (χ0) is 13.2. The summed E-state index contributed by atoms with van der Waals surface area (Å²) >= 11 is 0. The van der Waals surface area contributed by atoms with Gasteiger partial charge in [-0.3, -0.25) is 9.52 Å². The number of rotatable bonds is 3. The Labute approximate surface area is 101 Å². The van der Waals surface area contributed by atoms with Crippen molar-refractivity contribution in [1.82, 2.24) is 4.90 Å². The number of carbonyl (C=O) groups excluding carboxylic acids is 1. The van der Waals surface area contributed by atoms with E-state index in [4.69, 9.17) is 0 Å². The molecule has 0 unspecified atom stereocenters. The Kier molecular flexibility index (Phi) is 3.77. The third-order valence-electron chi connectivity index (χ3n) is 2.17. The Bertz CT molecular complexity index is 536. The lowest BCUT2D eigenvalue weighted by Gasteiger charge is -2.13. The predicted molar refractivity (Wildman–Crippen MR) is 67.7 cm³/mol. The molecule has 0 saturated heterocycles. The van der Waals surface area contributed by atoms with E-state index in [1.807, 2.05) is 0 Å². The van der Waals surface area contributed by atoms with Crippen molar-refractivity contribution in [3.8, 4) is 0 Å². The SMILES string of the molecule is Cc1cc(C(=O)N(C)C)ccc1NS(C)(=O)=O. The minimum atomic E-state index is -3.29. The van der Waals surface area contributed by atoms with Crippen LogP contribution in [0.4, 0.5) is 5.69 Å². The fraction of sp³-hybridized carbons (Fsp3) is 0.364. The number of nitrogens with zero attached hydrogens (tertiary/aromatic N) is 1. The van der Waals surface area contributed by atoms with Crippen molar-refractivity contribution in [1.29, 1.82) is 0 Å². The molecule has 94 valence electrons. The Balaban J connectivity index is 3.06. The van der Waals surface area contributed by atoms with Crippen LogP contribution in [0, 0.1) is 6.92 Å². The topological polar surface area (TPSA) is 66.5 Å². The first kappa shape index (κ1) is 13.5. The van der Waals surface area contributed by atoms with E-state index in [-0.39, 0.29) is 5.91 Å². The standard InChI is InChI=1S/C11H16N2O3S/c1-8-7-9(11(14)13(2)3)5-6-10(8)12-17(4,15)16/h5-7,12H,1-4H3. The summed E-state index contributed by atoms with van der Waals surface area (Å²) in [6, 6.07) is 4.85. The minimum Gasteiger partial charge on any atom is -0.345 e. The normalized spacial score (nSPS) is 11.1. The molecule has 0 spiro atoms. The number of aryl methyl sites for hydroxylation is 1. The molecule has 1 N–H and O–H groups in total. The van der Waals surface area contributed by atoms with Gasteiger partial charge in [0, 0.05) is 19.7 Å². The second-order valence-electron chi connectivity index (χ2n) is 4.10. The number of amides is 1. The lowest BCUT2D eigenvalue weighted by Crippen LogP contribution is -2.21. The van der Waals surface area contributed by atoms with Gasteiger partial charge in [0.05, 0.1) is 11.9 Å². The molecule has 0 bridgehead atoms. The molecule has 1 rings (SSSR count). The van der Waals surface area contributed by atoms with Crippen LogP contribution < -0.4 is 4.72 Å². The van der Waals surface area contributed by atoms with E-state index in [9.17, 15) is 13.2 Å². The van der Waals surface area contributed by atoms with E-state index in [1.165, 1.54) is 4.90 Å². The Hall–Kier alpha value is -1.56. The zero-order valence-corrected chi connectivity index (χ0v) is 11.1. The highest BCUT2D eigenvalue weighted by Crippen LogP contribution is 2.18. The highest BCUT2D eigenvalue weighted by molar-refractivity contribution is 7.92. The van der Waals surface area contributed by atoms with Gasteiger partial charge in [-0.15, -0.1) is 0 Å². The van der Waals surface area contributed by atoms with Crippen molar-refractivity contribution in [3.05, 3.63) is 29.3 Å². The van der Waals surface area contributed by atoms with Crippen LogP contribution in [-0.2, 0) is 10.0 Å². The summed E-state index contributed by atoms with van der Waals surface area (Å²) in [7, 11) is 0.0395. The van der Waals surface area contributed by atoms with Crippen LogP contribution in [0.3, 0.4) is 0 Å². The van der Waals surface area contributed by atoms with E-state index in [1.54, 1.807) is 39.2 Å². The monoisotopic (exact) mass is 256 g/mol. The summed E-state index contributed by atoms with van der Waals surface area (Å²) in [5, 5.41) is 0. The highest BCUT2D eigenvalue weighted by atomic mass is 32.2. The highest BCUT2D eigenvalue weighted by Gasteiger charge is 2.11. The summed E-state index contributed by atoms with van der Waals surface area (Å²) in [4.78, 5) is 13.2. The molecule has 0 heterocycles. The molecule has 0 aliphatic heterocycles. The molecule has 0 radical (unpaired) electrons. The third-order valence-corrected chi connectivity index (χ3v) is 2.77. The van der Waals surface area contributed by atoms with Gasteiger partial charge in [-0.05, 0) is 30.7 Å². The molecule has 0 atom stereocenters. The van der Waals surface area contributed by atoms with Crippen molar-refractivity contribution in [2.75, 3.05) is 25.1 Å². The fourth-order valence-electron chi connectivity index (χ4n) is 1.37. The molecule has 1 aromatic carbocycles. The summed E-state index contributed by atoms with van der Waals surface area (Å²) < 4.78 is 24.6. The molecule has 0 saturated carbocycles. The molecule has 0 fully saturated rings. The predicted octanol–water partition coefficient (Wildman–Crippen LogP) is 1.07. The Morgan fingerprint density at radius 1 is 1.29 bits per heavy atom. The molecular weight excluding hydrogens is 240 g/mol. The lowest BCUT2D eigenvalue weighted by atomic mass is 10.1. The number of benzene rings is 1. The first-order valence-electron chi connectivity index (χ1n) is 5.01. The average molecular weight is 256 g/mol. The first-order valence-corrected chi connectivity index (χ1v) is 6.90. The van der Waals surface area contributed by atoms with Crippen molar-refractivity contribution in [2.45, 2.75) is 6.92 Å². The third kappa shape index (κ3) is 3.74. The molecule has 0 aromatic heterocycles. The quantitative estimate of drug-likeness (QED) is 0.879. The van der Waals surface area contributed by atoms with E-state index >= 15 is 0 Å². The van der Waals surface area contributed by atoms with Crippen LogP contribution in [0.5, 0.6) is 0 Å². The number of hydrogen-bond acceptors (Lipinski definition) is 3. The van der Waals surface area contributed by atoms with Crippen molar-refractivity contribution >= 4 is 21.6 Å². The average Bonchev–Trinajstić information content (AvgIpc) is 2.18. The van der Waals surface area contributed by atoms with E-state index < -0.39 is 10.0 Å². The van der Waals surface area contributed by atoms with Crippen molar-refractivity contribution < 1.29 is 13.2 Å². The van der Waals surface area contributed by atoms with Gasteiger partial charge >= 0.3 is 0 Å². The first-order chi connectivity index (χ1) is 7.70. The summed E-state index contributed by atoms with van der Waals surface area (Å²) in [6.07, 6.45) is 1.09. The summed E-state index contributed by atoms with van der Waals surface area (Å²) in [6.45, 7) is 1.75. The molecule has 1 amide bonds. The van der Waals surface area contributed by atoms with Gasteiger partial charge in [-0.2, -0.15) is 0 Å². The number of anilines is 1. The van der Waals surface area contributed by atoms with Crippen molar-refractivity contribution in [3.63, 3.8) is 0 Å². The fourth-order valence-corrected chi connectivity index (χ4v) is 2.00. The van der Waals surface area contributed by atoms with Crippen LogP contribution in [0.15, 0.2) is 18.2 Å². The molecule has 0 aliphatic carbocycles. The smallest absolute Gasteiger partial charge is 0.253 e. The van der Waals surface area contributed by atoms with Crippen LogP contribution >= 0.6 is 0 Å². The lowest BCUT2D eigenvalue weighted by molar-refractivity contribution is 0.0827. The van der Waals surface area contributed by atoms with Gasteiger partial charge in [0.2, 0.25) is 10.0 Å². The summed E-state index contributed by atoms with van der Waals surface area (Å²) in [5.41, 5.74) is 1.73. The zero-order valence-electron chi connectivity index (χ0n) is 10.3. The van der Waals surface area contributed by atoms with Gasteiger partial charge < -0.3 is 4.90 Å².